The summed E-state index contributed by atoms with van der Waals surface area (Å²) in [5.74, 6) is 0.407. The van der Waals surface area contributed by atoms with E-state index < -0.39 is 5.60 Å². The van der Waals surface area contributed by atoms with Gasteiger partial charge in [0.15, 0.2) is 5.60 Å². The van der Waals surface area contributed by atoms with Gasteiger partial charge in [0.2, 0.25) is 0 Å². The number of ether oxygens (including phenoxy) is 1. The summed E-state index contributed by atoms with van der Waals surface area (Å²) in [6, 6.07) is 28.9. The van der Waals surface area contributed by atoms with E-state index in [0.29, 0.717) is 5.92 Å². The Hall–Kier alpha value is -3.33. The van der Waals surface area contributed by atoms with Crippen LogP contribution in [0.1, 0.15) is 28.7 Å². The van der Waals surface area contributed by atoms with Crippen molar-refractivity contribution in [1.82, 2.24) is 4.90 Å². The van der Waals surface area contributed by atoms with E-state index in [0.717, 1.165) is 36.1 Å². The van der Waals surface area contributed by atoms with Crippen LogP contribution in [0.2, 0.25) is 0 Å². The standard InChI is InChI=1S/C27H25NO2/c1-2-20-13-15-21(16-14-20)17-22-18-25-27(23-9-5-3-6-10-23,24-11-7-4-8-12-24)30-26(29)28(25)19-22/h2-16,22,25H,1,17-19H2/t22-,25+/m1/s1. The third kappa shape index (κ3) is 3.02. The zero-order chi connectivity index (χ0) is 20.6. The van der Waals surface area contributed by atoms with E-state index in [9.17, 15) is 4.79 Å². The van der Waals surface area contributed by atoms with Crippen molar-refractivity contribution in [2.75, 3.05) is 6.54 Å². The van der Waals surface area contributed by atoms with E-state index in [1.54, 1.807) is 0 Å². The van der Waals surface area contributed by atoms with Crippen LogP contribution in [0.3, 0.4) is 0 Å². The zero-order valence-electron chi connectivity index (χ0n) is 16.9. The molecular formula is C27H25NO2. The first-order valence-corrected chi connectivity index (χ1v) is 10.5. The van der Waals surface area contributed by atoms with Gasteiger partial charge in [-0.15, -0.1) is 0 Å². The Morgan fingerprint density at radius 1 is 0.933 bits per heavy atom. The SMILES string of the molecule is C=Cc1ccc(C[C@@H]2C[C@@H]3N(C2)C(=O)OC3(c2ccccc2)c2ccccc2)cc1. The molecule has 3 aromatic rings. The molecule has 1 amide bonds. The minimum atomic E-state index is -0.763. The second kappa shape index (κ2) is 7.49. The van der Waals surface area contributed by atoms with Crippen LogP contribution in [-0.2, 0) is 16.8 Å². The number of amides is 1. The van der Waals surface area contributed by atoms with Gasteiger partial charge in [0.1, 0.15) is 0 Å². The maximum Gasteiger partial charge on any atom is 0.411 e. The van der Waals surface area contributed by atoms with E-state index >= 15 is 0 Å². The molecule has 2 atom stereocenters. The lowest BCUT2D eigenvalue weighted by Gasteiger charge is -2.33. The highest BCUT2D eigenvalue weighted by atomic mass is 16.6. The number of benzene rings is 3. The number of rotatable bonds is 5. The number of hydrogen-bond donors (Lipinski definition) is 0. The molecule has 0 N–H and O–H groups in total. The van der Waals surface area contributed by atoms with Crippen molar-refractivity contribution in [1.29, 1.82) is 0 Å². The Balaban J connectivity index is 1.49. The van der Waals surface area contributed by atoms with Crippen LogP contribution in [0.25, 0.3) is 6.08 Å². The Morgan fingerprint density at radius 3 is 2.10 bits per heavy atom. The molecule has 2 saturated heterocycles. The molecule has 0 bridgehead atoms. The first kappa shape index (κ1) is 18.7. The molecule has 0 saturated carbocycles. The van der Waals surface area contributed by atoms with E-state index in [4.69, 9.17) is 4.74 Å². The second-order valence-electron chi connectivity index (χ2n) is 8.26. The summed E-state index contributed by atoms with van der Waals surface area (Å²) in [7, 11) is 0. The van der Waals surface area contributed by atoms with E-state index in [2.05, 4.69) is 55.1 Å². The Labute approximate surface area is 177 Å². The summed E-state index contributed by atoms with van der Waals surface area (Å²) in [5.41, 5.74) is 3.73. The fourth-order valence-corrected chi connectivity index (χ4v) is 5.09. The maximum absolute atomic E-state index is 13.0. The summed E-state index contributed by atoms with van der Waals surface area (Å²) in [6.07, 6.45) is 3.52. The van der Waals surface area contributed by atoms with Crippen LogP contribution in [-0.4, -0.2) is 23.6 Å². The average Bonchev–Trinajstić information content (AvgIpc) is 3.34. The summed E-state index contributed by atoms with van der Waals surface area (Å²) in [6.45, 7) is 4.56. The van der Waals surface area contributed by atoms with Gasteiger partial charge in [0.25, 0.3) is 0 Å². The van der Waals surface area contributed by atoms with Gasteiger partial charge < -0.3 is 9.64 Å². The molecule has 0 aliphatic carbocycles. The molecule has 150 valence electrons. The third-order valence-corrected chi connectivity index (χ3v) is 6.48. The Bertz CT molecular complexity index is 1000. The Morgan fingerprint density at radius 2 is 1.53 bits per heavy atom. The van der Waals surface area contributed by atoms with Gasteiger partial charge in [0.05, 0.1) is 6.04 Å². The van der Waals surface area contributed by atoms with Crippen LogP contribution in [0.15, 0.2) is 91.5 Å². The van der Waals surface area contributed by atoms with E-state index in [-0.39, 0.29) is 12.1 Å². The molecule has 2 aliphatic heterocycles. The molecule has 30 heavy (non-hydrogen) atoms. The van der Waals surface area contributed by atoms with Crippen molar-refractivity contribution in [3.63, 3.8) is 0 Å². The van der Waals surface area contributed by atoms with Gasteiger partial charge in [-0.05, 0) is 29.9 Å². The monoisotopic (exact) mass is 395 g/mol. The summed E-state index contributed by atoms with van der Waals surface area (Å²) >= 11 is 0. The molecule has 0 spiro atoms. The Kier molecular flexibility index (Phi) is 4.66. The van der Waals surface area contributed by atoms with Gasteiger partial charge >= 0.3 is 6.09 Å². The summed E-state index contributed by atoms with van der Waals surface area (Å²) in [4.78, 5) is 14.9. The lowest BCUT2D eigenvalue weighted by atomic mass is 9.78. The molecule has 2 heterocycles. The van der Waals surface area contributed by atoms with Crippen LogP contribution in [0, 0.1) is 5.92 Å². The van der Waals surface area contributed by atoms with Crippen molar-refractivity contribution in [3.8, 4) is 0 Å². The normalized spacial score (nSPS) is 21.9. The molecular weight excluding hydrogens is 370 g/mol. The highest BCUT2D eigenvalue weighted by Gasteiger charge is 2.59. The van der Waals surface area contributed by atoms with Gasteiger partial charge in [-0.25, -0.2) is 4.79 Å². The van der Waals surface area contributed by atoms with Gasteiger partial charge in [-0.3, -0.25) is 0 Å². The minimum Gasteiger partial charge on any atom is -0.431 e. The zero-order valence-corrected chi connectivity index (χ0v) is 16.9. The van der Waals surface area contributed by atoms with E-state index in [1.807, 2.05) is 47.4 Å². The largest absolute Gasteiger partial charge is 0.431 e. The molecule has 3 heteroatoms. The number of hydrogen-bond acceptors (Lipinski definition) is 2. The molecule has 3 nitrogen and oxygen atoms in total. The number of nitrogens with zero attached hydrogens (tertiary/aromatic N) is 1. The molecule has 0 unspecified atom stereocenters. The van der Waals surface area contributed by atoms with Gasteiger partial charge in [-0.1, -0.05) is 97.6 Å². The summed E-state index contributed by atoms with van der Waals surface area (Å²) in [5, 5.41) is 0. The lowest BCUT2D eigenvalue weighted by molar-refractivity contribution is 0.0646. The van der Waals surface area contributed by atoms with Crippen molar-refractivity contribution < 1.29 is 9.53 Å². The average molecular weight is 396 g/mol. The molecule has 2 fully saturated rings. The highest BCUT2D eigenvalue weighted by Crippen LogP contribution is 2.49. The number of carbonyl (C=O) groups excluding carboxylic acids is 1. The van der Waals surface area contributed by atoms with Crippen molar-refractivity contribution in [3.05, 3.63) is 114 Å². The van der Waals surface area contributed by atoms with Crippen molar-refractivity contribution >= 4 is 12.2 Å². The van der Waals surface area contributed by atoms with Crippen LogP contribution >= 0.6 is 0 Å². The van der Waals surface area contributed by atoms with Crippen molar-refractivity contribution in [2.45, 2.75) is 24.5 Å². The molecule has 5 rings (SSSR count). The minimum absolute atomic E-state index is 0.00718. The molecule has 0 radical (unpaired) electrons. The number of carbonyl (C=O) groups is 1. The third-order valence-electron chi connectivity index (χ3n) is 6.48. The fourth-order valence-electron chi connectivity index (χ4n) is 5.09. The highest BCUT2D eigenvalue weighted by molar-refractivity contribution is 5.74. The van der Waals surface area contributed by atoms with Gasteiger partial charge in [0, 0.05) is 17.7 Å². The van der Waals surface area contributed by atoms with Crippen molar-refractivity contribution in [2.24, 2.45) is 5.92 Å². The smallest absolute Gasteiger partial charge is 0.411 e. The predicted molar refractivity (Wildman–Crippen MR) is 119 cm³/mol. The molecule has 3 aromatic carbocycles. The van der Waals surface area contributed by atoms with Crippen LogP contribution < -0.4 is 0 Å². The van der Waals surface area contributed by atoms with Crippen LogP contribution in [0.4, 0.5) is 4.79 Å². The lowest BCUT2D eigenvalue weighted by Crippen LogP contribution is -2.40. The molecule has 0 aromatic heterocycles. The summed E-state index contributed by atoms with van der Waals surface area (Å²) < 4.78 is 6.19. The quantitative estimate of drug-likeness (QED) is 0.558. The maximum atomic E-state index is 13.0. The topological polar surface area (TPSA) is 29.5 Å². The number of fused-ring (bicyclic) bond motifs is 1. The predicted octanol–water partition coefficient (Wildman–Crippen LogP) is 5.66. The first-order chi connectivity index (χ1) is 14.7. The van der Waals surface area contributed by atoms with E-state index in [1.165, 1.54) is 5.56 Å². The fraction of sp³-hybridized carbons (Fsp3) is 0.222. The number of cyclic esters (lactones) is 1. The first-order valence-electron chi connectivity index (χ1n) is 10.5. The van der Waals surface area contributed by atoms with Gasteiger partial charge in [-0.2, -0.15) is 0 Å². The molecule has 2 aliphatic rings. The second-order valence-corrected chi connectivity index (χ2v) is 8.26. The van der Waals surface area contributed by atoms with Crippen LogP contribution in [0.5, 0.6) is 0 Å².